The molecule has 146 valence electrons. The molecule has 0 fully saturated rings. The van der Waals surface area contributed by atoms with Crippen molar-refractivity contribution in [2.75, 3.05) is 0 Å². The Morgan fingerprint density at radius 3 is 1.94 bits per heavy atom. The number of rotatable bonds is 2. The first-order chi connectivity index (χ1) is 15.1. The van der Waals surface area contributed by atoms with Gasteiger partial charge in [-0.25, -0.2) is 0 Å². The van der Waals surface area contributed by atoms with Crippen molar-refractivity contribution in [3.8, 4) is 11.1 Å². The highest BCUT2D eigenvalue weighted by atomic mass is 79.9. The molecule has 0 aliphatic heterocycles. The molecule has 0 saturated carbocycles. The van der Waals surface area contributed by atoms with E-state index in [4.69, 9.17) is 0 Å². The van der Waals surface area contributed by atoms with E-state index in [9.17, 15) is 0 Å². The van der Waals surface area contributed by atoms with Gasteiger partial charge in [0.1, 0.15) is 0 Å². The van der Waals surface area contributed by atoms with Crippen molar-refractivity contribution in [3.05, 3.63) is 108 Å². The summed E-state index contributed by atoms with van der Waals surface area (Å²) in [6.45, 7) is 8.48. The van der Waals surface area contributed by atoms with Crippen molar-refractivity contribution >= 4 is 70.1 Å². The van der Waals surface area contributed by atoms with Crippen molar-refractivity contribution < 1.29 is 0 Å². The highest BCUT2D eigenvalue weighted by Crippen LogP contribution is 2.42. The molecule has 0 saturated heterocycles. The summed E-state index contributed by atoms with van der Waals surface area (Å²) in [5, 5.41) is 11.0. The van der Waals surface area contributed by atoms with Gasteiger partial charge in [-0.2, -0.15) is 0 Å². The topological polar surface area (TPSA) is 0 Å². The van der Waals surface area contributed by atoms with Crippen LogP contribution in [0.15, 0.2) is 97.6 Å². The summed E-state index contributed by atoms with van der Waals surface area (Å²) in [7, 11) is 0. The zero-order chi connectivity index (χ0) is 21.1. The third-order valence-electron chi connectivity index (χ3n) is 6.33. The molecule has 0 bridgehead atoms. The molecule has 0 aromatic heterocycles. The van der Waals surface area contributed by atoms with Gasteiger partial charge in [0.05, 0.1) is 0 Å². The maximum Gasteiger partial charge on any atom is 0.0182 e. The first-order valence-corrected chi connectivity index (χ1v) is 11.2. The van der Waals surface area contributed by atoms with Crippen LogP contribution in [0, 0.1) is 0 Å². The molecule has 0 heterocycles. The molecule has 1 heteroatoms. The summed E-state index contributed by atoms with van der Waals surface area (Å²) < 4.78 is 0.882. The van der Waals surface area contributed by atoms with E-state index in [0.29, 0.717) is 0 Å². The van der Waals surface area contributed by atoms with Gasteiger partial charge in [0.15, 0.2) is 0 Å². The molecule has 0 amide bonds. The second kappa shape index (κ2) is 6.80. The SMILES string of the molecule is C=C(Br)c1ccc2ccc(-c3c4ccccc4cc4ccccc34)c3ccc(=C)c1c23. The second-order valence-corrected chi connectivity index (χ2v) is 9.03. The summed E-state index contributed by atoms with van der Waals surface area (Å²) in [6, 6.07) is 32.8. The Hall–Kier alpha value is -3.42. The van der Waals surface area contributed by atoms with E-state index >= 15 is 0 Å². The predicted octanol–water partition coefficient (Wildman–Crippen LogP) is 8.46. The maximum absolute atomic E-state index is 4.33. The van der Waals surface area contributed by atoms with Gasteiger partial charge in [-0.15, -0.1) is 0 Å². The molecule has 0 aliphatic carbocycles. The first-order valence-electron chi connectivity index (χ1n) is 10.4. The third-order valence-corrected chi connectivity index (χ3v) is 6.76. The molecule has 0 atom stereocenters. The number of benzene rings is 6. The fourth-order valence-corrected chi connectivity index (χ4v) is 5.30. The van der Waals surface area contributed by atoms with Crippen molar-refractivity contribution in [2.45, 2.75) is 0 Å². The minimum Gasteiger partial charge on any atom is -0.0911 e. The highest BCUT2D eigenvalue weighted by molar-refractivity contribution is 9.15. The van der Waals surface area contributed by atoms with Gasteiger partial charge in [0.2, 0.25) is 0 Å². The number of hydrogen-bond donors (Lipinski definition) is 0. The normalized spacial score (nSPS) is 11.6. The zero-order valence-corrected chi connectivity index (χ0v) is 18.5. The Balaban J connectivity index is 1.86. The Labute approximate surface area is 189 Å². The van der Waals surface area contributed by atoms with Crippen molar-refractivity contribution in [1.82, 2.24) is 0 Å². The molecular formula is C30H19Br. The minimum atomic E-state index is 0.882. The van der Waals surface area contributed by atoms with Gasteiger partial charge in [0, 0.05) is 4.48 Å². The van der Waals surface area contributed by atoms with Gasteiger partial charge in [-0.1, -0.05) is 114 Å². The smallest absolute Gasteiger partial charge is 0.0182 e. The molecule has 0 radical (unpaired) electrons. The molecule has 0 nitrogen and oxygen atoms in total. The van der Waals surface area contributed by atoms with E-state index in [0.717, 1.165) is 15.3 Å². The lowest BCUT2D eigenvalue weighted by atomic mass is 9.86. The van der Waals surface area contributed by atoms with E-state index in [1.807, 2.05) is 0 Å². The van der Waals surface area contributed by atoms with Gasteiger partial charge in [0.25, 0.3) is 0 Å². The van der Waals surface area contributed by atoms with Crippen LogP contribution in [-0.4, -0.2) is 0 Å². The molecule has 31 heavy (non-hydrogen) atoms. The second-order valence-electron chi connectivity index (χ2n) is 8.07. The standard InChI is InChI=1S/C30H19Br/c1-18-11-14-26-27(16-13-20-12-15-23(19(2)31)28(18)29(20)26)30-24-9-5-3-7-21(24)17-22-8-4-6-10-25(22)30/h3-17H,1-2H2. The van der Waals surface area contributed by atoms with Crippen molar-refractivity contribution in [2.24, 2.45) is 0 Å². The number of fused-ring (bicyclic) bond motifs is 2. The average molecular weight is 459 g/mol. The van der Waals surface area contributed by atoms with Crippen LogP contribution in [-0.2, 0) is 0 Å². The fraction of sp³-hybridized carbons (Fsp3) is 0. The minimum absolute atomic E-state index is 0.882. The lowest BCUT2D eigenvalue weighted by Gasteiger charge is -2.17. The molecule has 0 aliphatic rings. The molecule has 6 aromatic rings. The van der Waals surface area contributed by atoms with Crippen LogP contribution in [0.4, 0.5) is 0 Å². The van der Waals surface area contributed by atoms with E-state index in [1.54, 1.807) is 0 Å². The average Bonchev–Trinajstić information content (AvgIpc) is 2.79. The van der Waals surface area contributed by atoms with E-state index in [-0.39, 0.29) is 0 Å². The third kappa shape index (κ3) is 2.67. The lowest BCUT2D eigenvalue weighted by Crippen LogP contribution is -2.02. The Bertz CT molecular complexity index is 1670. The van der Waals surface area contributed by atoms with E-state index in [1.165, 1.54) is 54.2 Å². The molecular weight excluding hydrogens is 440 g/mol. The molecule has 0 spiro atoms. The van der Waals surface area contributed by atoms with Crippen LogP contribution >= 0.6 is 15.9 Å². The highest BCUT2D eigenvalue weighted by Gasteiger charge is 2.16. The van der Waals surface area contributed by atoms with Crippen LogP contribution in [0.3, 0.4) is 0 Å². The van der Waals surface area contributed by atoms with Crippen LogP contribution in [0.1, 0.15) is 5.56 Å². The van der Waals surface area contributed by atoms with Gasteiger partial charge >= 0.3 is 0 Å². The Kier molecular flexibility index (Phi) is 4.03. The molecule has 0 unspecified atom stereocenters. The zero-order valence-electron chi connectivity index (χ0n) is 17.0. The largest absolute Gasteiger partial charge is 0.0911 e. The Morgan fingerprint density at radius 2 is 1.26 bits per heavy atom. The van der Waals surface area contributed by atoms with Gasteiger partial charge < -0.3 is 0 Å². The predicted molar refractivity (Wildman–Crippen MR) is 141 cm³/mol. The van der Waals surface area contributed by atoms with Crippen LogP contribution < -0.4 is 5.22 Å². The van der Waals surface area contributed by atoms with Crippen LogP contribution in [0.25, 0.3) is 65.3 Å². The monoisotopic (exact) mass is 458 g/mol. The molecule has 6 rings (SSSR count). The quantitative estimate of drug-likeness (QED) is 0.228. The lowest BCUT2D eigenvalue weighted by molar-refractivity contribution is 1.67. The van der Waals surface area contributed by atoms with E-state index in [2.05, 4.69) is 120 Å². The summed E-state index contributed by atoms with van der Waals surface area (Å²) in [5.41, 5.74) is 3.64. The summed E-state index contributed by atoms with van der Waals surface area (Å²) in [4.78, 5) is 0. The number of hydrogen-bond acceptors (Lipinski definition) is 0. The maximum atomic E-state index is 4.33. The Morgan fingerprint density at radius 1 is 0.613 bits per heavy atom. The van der Waals surface area contributed by atoms with Crippen LogP contribution in [0.2, 0.25) is 0 Å². The summed E-state index contributed by atoms with van der Waals surface area (Å²) in [6.07, 6.45) is 0. The van der Waals surface area contributed by atoms with Crippen molar-refractivity contribution in [3.63, 3.8) is 0 Å². The van der Waals surface area contributed by atoms with Crippen LogP contribution in [0.5, 0.6) is 0 Å². The van der Waals surface area contributed by atoms with Gasteiger partial charge in [-0.05, 0) is 71.1 Å². The van der Waals surface area contributed by atoms with Gasteiger partial charge in [-0.3, -0.25) is 0 Å². The summed E-state index contributed by atoms with van der Waals surface area (Å²) >= 11 is 3.60. The number of halogens is 1. The first kappa shape index (κ1) is 18.4. The van der Waals surface area contributed by atoms with Crippen molar-refractivity contribution in [1.29, 1.82) is 0 Å². The molecule has 0 N–H and O–H groups in total. The van der Waals surface area contributed by atoms with E-state index < -0.39 is 0 Å². The molecule has 6 aromatic carbocycles. The fourth-order valence-electron chi connectivity index (χ4n) is 4.97. The summed E-state index contributed by atoms with van der Waals surface area (Å²) in [5.74, 6) is 0.